The van der Waals surface area contributed by atoms with E-state index < -0.39 is 16.1 Å². The zero-order valence-electron chi connectivity index (χ0n) is 11.8. The SMILES string of the molecule is CCCS(=O)(=O)N1CCCC1C(=O)NCC1CNC1.Cl. The van der Waals surface area contributed by atoms with E-state index in [2.05, 4.69) is 10.6 Å². The number of carbonyl (C=O) groups is 1. The van der Waals surface area contributed by atoms with Crippen molar-refractivity contribution in [2.75, 3.05) is 31.9 Å². The molecule has 2 heterocycles. The van der Waals surface area contributed by atoms with Crippen LogP contribution in [0.15, 0.2) is 0 Å². The maximum atomic E-state index is 12.1. The van der Waals surface area contributed by atoms with E-state index in [1.807, 2.05) is 6.92 Å². The highest BCUT2D eigenvalue weighted by molar-refractivity contribution is 7.89. The van der Waals surface area contributed by atoms with Gasteiger partial charge < -0.3 is 10.6 Å². The molecule has 0 aliphatic carbocycles. The lowest BCUT2D eigenvalue weighted by atomic mass is 10.0. The molecule has 0 aromatic heterocycles. The third-order valence-electron chi connectivity index (χ3n) is 3.76. The molecule has 1 atom stereocenters. The average molecular weight is 326 g/mol. The minimum Gasteiger partial charge on any atom is -0.354 e. The normalized spacial score (nSPS) is 23.9. The van der Waals surface area contributed by atoms with E-state index in [0.717, 1.165) is 19.5 Å². The molecule has 2 N–H and O–H groups in total. The predicted octanol–water partition coefficient (Wildman–Crippen LogP) is -0.0520. The van der Waals surface area contributed by atoms with E-state index in [0.29, 0.717) is 31.8 Å². The molecule has 1 amide bonds. The van der Waals surface area contributed by atoms with Gasteiger partial charge in [-0.3, -0.25) is 4.79 Å². The van der Waals surface area contributed by atoms with Crippen LogP contribution in [0.2, 0.25) is 0 Å². The highest BCUT2D eigenvalue weighted by Crippen LogP contribution is 2.22. The second-order valence-electron chi connectivity index (χ2n) is 5.35. The number of hydrogen-bond acceptors (Lipinski definition) is 4. The van der Waals surface area contributed by atoms with Crippen LogP contribution in [0.5, 0.6) is 0 Å². The Balaban J connectivity index is 0.00000200. The van der Waals surface area contributed by atoms with Crippen LogP contribution in [0.3, 0.4) is 0 Å². The lowest BCUT2D eigenvalue weighted by Crippen LogP contribution is -2.52. The Labute approximate surface area is 127 Å². The van der Waals surface area contributed by atoms with Crippen molar-refractivity contribution in [3.05, 3.63) is 0 Å². The minimum atomic E-state index is -3.27. The summed E-state index contributed by atoms with van der Waals surface area (Å²) in [6.45, 7) is 4.83. The highest BCUT2D eigenvalue weighted by Gasteiger charge is 2.38. The molecule has 2 saturated heterocycles. The molecule has 0 radical (unpaired) electrons. The van der Waals surface area contributed by atoms with Gasteiger partial charge in [-0.2, -0.15) is 4.31 Å². The first kappa shape index (κ1) is 17.7. The Morgan fingerprint density at radius 3 is 2.65 bits per heavy atom. The number of amides is 1. The van der Waals surface area contributed by atoms with Gasteiger partial charge in [0, 0.05) is 32.1 Å². The van der Waals surface area contributed by atoms with Gasteiger partial charge in [-0.25, -0.2) is 8.42 Å². The maximum absolute atomic E-state index is 12.1. The number of hydrogen-bond donors (Lipinski definition) is 2. The van der Waals surface area contributed by atoms with Gasteiger partial charge in [-0.1, -0.05) is 6.92 Å². The summed E-state index contributed by atoms with van der Waals surface area (Å²) in [6.07, 6.45) is 1.99. The molecule has 6 nitrogen and oxygen atoms in total. The predicted molar refractivity (Wildman–Crippen MR) is 80.4 cm³/mol. The van der Waals surface area contributed by atoms with Crippen molar-refractivity contribution in [3.8, 4) is 0 Å². The second kappa shape index (κ2) is 7.59. The average Bonchev–Trinajstić information content (AvgIpc) is 2.76. The summed E-state index contributed by atoms with van der Waals surface area (Å²) in [5, 5.41) is 6.03. The third kappa shape index (κ3) is 4.07. The third-order valence-corrected chi connectivity index (χ3v) is 5.83. The molecule has 20 heavy (non-hydrogen) atoms. The highest BCUT2D eigenvalue weighted by atomic mass is 35.5. The summed E-state index contributed by atoms with van der Waals surface area (Å²) < 4.78 is 25.6. The fraction of sp³-hybridized carbons (Fsp3) is 0.917. The van der Waals surface area contributed by atoms with Crippen LogP contribution in [0, 0.1) is 5.92 Å². The first-order valence-corrected chi connectivity index (χ1v) is 8.63. The molecule has 2 rings (SSSR count). The molecule has 0 aromatic rings. The van der Waals surface area contributed by atoms with Crippen LogP contribution in [-0.2, 0) is 14.8 Å². The van der Waals surface area contributed by atoms with Gasteiger partial charge in [0.25, 0.3) is 0 Å². The Morgan fingerprint density at radius 2 is 2.10 bits per heavy atom. The van der Waals surface area contributed by atoms with Gasteiger partial charge in [0.1, 0.15) is 6.04 Å². The van der Waals surface area contributed by atoms with Crippen LogP contribution >= 0.6 is 12.4 Å². The van der Waals surface area contributed by atoms with Gasteiger partial charge in [0.2, 0.25) is 15.9 Å². The largest absolute Gasteiger partial charge is 0.354 e. The molecule has 0 saturated carbocycles. The maximum Gasteiger partial charge on any atom is 0.238 e. The van der Waals surface area contributed by atoms with Crippen LogP contribution in [0.1, 0.15) is 26.2 Å². The van der Waals surface area contributed by atoms with Gasteiger partial charge >= 0.3 is 0 Å². The zero-order valence-corrected chi connectivity index (χ0v) is 13.4. The number of rotatable bonds is 6. The zero-order chi connectivity index (χ0) is 13.9. The van der Waals surface area contributed by atoms with Gasteiger partial charge in [-0.15, -0.1) is 12.4 Å². The Bertz CT molecular complexity index is 426. The van der Waals surface area contributed by atoms with Crippen LogP contribution in [0.4, 0.5) is 0 Å². The van der Waals surface area contributed by atoms with Gasteiger partial charge in [-0.05, 0) is 19.3 Å². The monoisotopic (exact) mass is 325 g/mol. The second-order valence-corrected chi connectivity index (χ2v) is 7.40. The summed E-state index contributed by atoms with van der Waals surface area (Å²) in [6, 6.07) is -0.496. The fourth-order valence-corrected chi connectivity index (χ4v) is 4.31. The fourth-order valence-electron chi connectivity index (χ4n) is 2.57. The Hall–Kier alpha value is -0.370. The molecule has 0 bridgehead atoms. The lowest BCUT2D eigenvalue weighted by molar-refractivity contribution is -0.124. The van der Waals surface area contributed by atoms with Crippen molar-refractivity contribution in [2.45, 2.75) is 32.2 Å². The molecular formula is C12H24ClN3O3S. The van der Waals surface area contributed by atoms with Crippen molar-refractivity contribution in [2.24, 2.45) is 5.92 Å². The van der Waals surface area contributed by atoms with Crippen molar-refractivity contribution in [1.82, 2.24) is 14.9 Å². The Morgan fingerprint density at radius 1 is 1.40 bits per heavy atom. The molecular weight excluding hydrogens is 302 g/mol. The Kier molecular flexibility index (Phi) is 6.71. The van der Waals surface area contributed by atoms with Crippen molar-refractivity contribution < 1.29 is 13.2 Å². The summed E-state index contributed by atoms with van der Waals surface area (Å²) in [5.74, 6) is 0.485. The van der Waals surface area contributed by atoms with E-state index in [1.54, 1.807) is 0 Å². The molecule has 118 valence electrons. The first-order chi connectivity index (χ1) is 9.04. The summed E-state index contributed by atoms with van der Waals surface area (Å²) >= 11 is 0. The molecule has 2 aliphatic rings. The van der Waals surface area contributed by atoms with Crippen molar-refractivity contribution in [3.63, 3.8) is 0 Å². The van der Waals surface area contributed by atoms with E-state index in [4.69, 9.17) is 0 Å². The van der Waals surface area contributed by atoms with Crippen molar-refractivity contribution in [1.29, 1.82) is 0 Å². The molecule has 0 aromatic carbocycles. The number of nitrogens with one attached hydrogen (secondary N) is 2. The number of nitrogens with zero attached hydrogens (tertiary/aromatic N) is 1. The van der Waals surface area contributed by atoms with Crippen LogP contribution in [0.25, 0.3) is 0 Å². The quantitative estimate of drug-likeness (QED) is 0.717. The number of carbonyl (C=O) groups excluding carboxylic acids is 1. The molecule has 0 spiro atoms. The van der Waals surface area contributed by atoms with Gasteiger partial charge in [0.15, 0.2) is 0 Å². The van der Waals surface area contributed by atoms with E-state index >= 15 is 0 Å². The number of sulfonamides is 1. The lowest BCUT2D eigenvalue weighted by Gasteiger charge is -2.29. The van der Waals surface area contributed by atoms with E-state index in [9.17, 15) is 13.2 Å². The van der Waals surface area contributed by atoms with Gasteiger partial charge in [0.05, 0.1) is 5.75 Å². The van der Waals surface area contributed by atoms with Crippen LogP contribution < -0.4 is 10.6 Å². The molecule has 2 aliphatic heterocycles. The van der Waals surface area contributed by atoms with Crippen molar-refractivity contribution >= 4 is 28.3 Å². The van der Waals surface area contributed by atoms with E-state index in [1.165, 1.54) is 4.31 Å². The smallest absolute Gasteiger partial charge is 0.238 e. The number of halogens is 1. The van der Waals surface area contributed by atoms with E-state index in [-0.39, 0.29) is 24.1 Å². The minimum absolute atomic E-state index is 0. The standard InChI is InChI=1S/C12H23N3O3S.ClH/c1-2-6-19(17,18)15-5-3-4-11(15)12(16)14-9-10-7-13-8-10;/h10-11,13H,2-9H2,1H3,(H,14,16);1H. The summed E-state index contributed by atoms with van der Waals surface area (Å²) in [5.41, 5.74) is 0. The first-order valence-electron chi connectivity index (χ1n) is 7.02. The topological polar surface area (TPSA) is 78.5 Å². The summed E-state index contributed by atoms with van der Waals surface area (Å²) in [7, 11) is -3.27. The van der Waals surface area contributed by atoms with Crippen LogP contribution in [-0.4, -0.2) is 56.6 Å². The molecule has 1 unspecified atom stereocenters. The molecule has 2 fully saturated rings. The molecule has 8 heteroatoms. The summed E-state index contributed by atoms with van der Waals surface area (Å²) in [4.78, 5) is 12.1.